The molecule has 2 aromatic carbocycles. The molecule has 1 unspecified atom stereocenters. The normalized spacial score (nSPS) is 11.8. The molecule has 0 amide bonds. The quantitative estimate of drug-likeness (QED) is 0.742. The molecule has 0 fully saturated rings. The third kappa shape index (κ3) is 3.90. The fraction of sp³-hybridized carbons (Fsp3) is 0.133. The molecular weight excluding hydrogens is 377 g/mol. The molecule has 0 radical (unpaired) electrons. The minimum Gasteiger partial charge on any atom is -0.467 e. The SMILES string of the molecule is COC(=O)C(Nc1ccccc1Cl)c1ccc(Cl)cc1Br. The summed E-state index contributed by atoms with van der Waals surface area (Å²) in [5, 5.41) is 4.20. The Kier molecular flexibility index (Phi) is 5.51. The highest BCUT2D eigenvalue weighted by atomic mass is 79.9. The van der Waals surface area contributed by atoms with E-state index in [9.17, 15) is 4.79 Å². The van der Waals surface area contributed by atoms with Gasteiger partial charge in [0.1, 0.15) is 0 Å². The van der Waals surface area contributed by atoms with E-state index in [0.29, 0.717) is 25.8 Å². The van der Waals surface area contributed by atoms with E-state index in [-0.39, 0.29) is 0 Å². The van der Waals surface area contributed by atoms with Crippen molar-refractivity contribution in [3.8, 4) is 0 Å². The molecular formula is C15H12BrCl2NO2. The largest absolute Gasteiger partial charge is 0.467 e. The van der Waals surface area contributed by atoms with Gasteiger partial charge in [-0.1, -0.05) is 57.3 Å². The third-order valence-electron chi connectivity index (χ3n) is 2.88. The zero-order valence-corrected chi connectivity index (χ0v) is 14.2. The molecule has 21 heavy (non-hydrogen) atoms. The minimum atomic E-state index is -0.693. The van der Waals surface area contributed by atoms with Crippen LogP contribution in [0.2, 0.25) is 10.0 Å². The summed E-state index contributed by atoms with van der Waals surface area (Å²) in [6.45, 7) is 0. The van der Waals surface area contributed by atoms with Crippen LogP contribution in [-0.4, -0.2) is 13.1 Å². The van der Waals surface area contributed by atoms with E-state index in [1.165, 1.54) is 7.11 Å². The van der Waals surface area contributed by atoms with Crippen LogP contribution < -0.4 is 5.32 Å². The molecule has 0 saturated carbocycles. The lowest BCUT2D eigenvalue weighted by atomic mass is 10.1. The maximum Gasteiger partial charge on any atom is 0.333 e. The molecule has 2 rings (SSSR count). The van der Waals surface area contributed by atoms with Crippen molar-refractivity contribution < 1.29 is 9.53 Å². The maximum atomic E-state index is 12.1. The van der Waals surface area contributed by atoms with Gasteiger partial charge in [-0.15, -0.1) is 0 Å². The van der Waals surface area contributed by atoms with E-state index >= 15 is 0 Å². The fourth-order valence-electron chi connectivity index (χ4n) is 1.85. The predicted molar refractivity (Wildman–Crippen MR) is 89.0 cm³/mol. The first-order valence-electron chi connectivity index (χ1n) is 6.06. The van der Waals surface area contributed by atoms with Crippen molar-refractivity contribution in [1.29, 1.82) is 0 Å². The zero-order chi connectivity index (χ0) is 15.4. The lowest BCUT2D eigenvalue weighted by molar-refractivity contribution is -0.141. The van der Waals surface area contributed by atoms with Crippen LogP contribution in [0, 0.1) is 0 Å². The second-order valence-electron chi connectivity index (χ2n) is 4.25. The Bertz CT molecular complexity index is 664. The van der Waals surface area contributed by atoms with Crippen LogP contribution in [0.25, 0.3) is 0 Å². The molecule has 0 aliphatic rings. The first kappa shape index (κ1) is 16.1. The first-order chi connectivity index (χ1) is 10.0. The van der Waals surface area contributed by atoms with Crippen molar-refractivity contribution in [2.24, 2.45) is 0 Å². The molecule has 110 valence electrons. The van der Waals surface area contributed by atoms with E-state index in [2.05, 4.69) is 21.2 Å². The topological polar surface area (TPSA) is 38.3 Å². The predicted octanol–water partition coefficient (Wildman–Crippen LogP) is 5.08. The van der Waals surface area contributed by atoms with Gasteiger partial charge in [0.2, 0.25) is 0 Å². The lowest BCUT2D eigenvalue weighted by Crippen LogP contribution is -2.22. The Labute approximate surface area is 141 Å². The third-order valence-corrected chi connectivity index (χ3v) is 4.14. The van der Waals surface area contributed by atoms with Gasteiger partial charge in [-0.3, -0.25) is 0 Å². The van der Waals surface area contributed by atoms with Crippen molar-refractivity contribution >= 4 is 50.8 Å². The summed E-state index contributed by atoms with van der Waals surface area (Å²) in [5.41, 5.74) is 1.36. The lowest BCUT2D eigenvalue weighted by Gasteiger charge is -2.20. The highest BCUT2D eigenvalue weighted by molar-refractivity contribution is 9.10. The Morgan fingerprint density at radius 3 is 2.57 bits per heavy atom. The smallest absolute Gasteiger partial charge is 0.333 e. The van der Waals surface area contributed by atoms with E-state index in [0.717, 1.165) is 0 Å². The van der Waals surface area contributed by atoms with Crippen molar-refractivity contribution in [2.75, 3.05) is 12.4 Å². The van der Waals surface area contributed by atoms with Crippen LogP contribution in [-0.2, 0) is 9.53 Å². The van der Waals surface area contributed by atoms with E-state index < -0.39 is 12.0 Å². The van der Waals surface area contributed by atoms with Gasteiger partial charge in [-0.2, -0.15) is 0 Å². The van der Waals surface area contributed by atoms with Crippen LogP contribution in [0.5, 0.6) is 0 Å². The van der Waals surface area contributed by atoms with Gasteiger partial charge in [-0.05, 0) is 29.8 Å². The average molecular weight is 389 g/mol. The molecule has 0 aliphatic carbocycles. The first-order valence-corrected chi connectivity index (χ1v) is 7.61. The molecule has 3 nitrogen and oxygen atoms in total. The Morgan fingerprint density at radius 1 is 1.24 bits per heavy atom. The zero-order valence-electron chi connectivity index (χ0n) is 11.1. The highest BCUT2D eigenvalue weighted by Crippen LogP contribution is 2.32. The fourth-order valence-corrected chi connectivity index (χ4v) is 2.95. The summed E-state index contributed by atoms with van der Waals surface area (Å²) in [6.07, 6.45) is 0. The molecule has 2 aromatic rings. The van der Waals surface area contributed by atoms with Gasteiger partial charge in [0.25, 0.3) is 0 Å². The number of rotatable bonds is 4. The van der Waals surface area contributed by atoms with Crippen molar-refractivity contribution in [2.45, 2.75) is 6.04 Å². The summed E-state index contributed by atoms with van der Waals surface area (Å²) < 4.78 is 5.58. The summed E-state index contributed by atoms with van der Waals surface area (Å²) in [4.78, 5) is 12.1. The van der Waals surface area contributed by atoms with Gasteiger partial charge in [0, 0.05) is 9.50 Å². The molecule has 0 aromatic heterocycles. The molecule has 1 N–H and O–H groups in total. The molecule has 0 spiro atoms. The van der Waals surface area contributed by atoms with Crippen molar-refractivity contribution in [3.05, 3.63) is 62.5 Å². The number of para-hydroxylation sites is 1. The second-order valence-corrected chi connectivity index (χ2v) is 5.94. The van der Waals surface area contributed by atoms with Gasteiger partial charge in [-0.25, -0.2) is 4.79 Å². The number of carbonyl (C=O) groups excluding carboxylic acids is 1. The highest BCUT2D eigenvalue weighted by Gasteiger charge is 2.24. The molecule has 1 atom stereocenters. The molecule has 0 bridgehead atoms. The number of carbonyl (C=O) groups is 1. The van der Waals surface area contributed by atoms with Gasteiger partial charge >= 0.3 is 5.97 Å². The number of hydrogen-bond donors (Lipinski definition) is 1. The minimum absolute atomic E-state index is 0.419. The number of halogens is 3. The van der Waals surface area contributed by atoms with Gasteiger partial charge < -0.3 is 10.1 Å². The van der Waals surface area contributed by atoms with E-state index in [1.54, 1.807) is 30.3 Å². The van der Waals surface area contributed by atoms with Crippen LogP contribution >= 0.6 is 39.1 Å². The molecule has 0 saturated heterocycles. The van der Waals surface area contributed by atoms with Gasteiger partial charge in [0.15, 0.2) is 6.04 Å². The summed E-state index contributed by atoms with van der Waals surface area (Å²) in [6, 6.07) is 11.7. The number of esters is 1. The number of anilines is 1. The summed E-state index contributed by atoms with van der Waals surface area (Å²) in [7, 11) is 1.34. The summed E-state index contributed by atoms with van der Waals surface area (Å²) in [5.74, 6) is -0.419. The standard InChI is InChI=1S/C15H12BrCl2NO2/c1-21-15(20)14(10-7-6-9(17)8-11(10)16)19-13-5-3-2-4-12(13)18/h2-8,14,19H,1H3. The average Bonchev–Trinajstić information content (AvgIpc) is 2.46. The monoisotopic (exact) mass is 387 g/mol. The molecule has 6 heteroatoms. The second kappa shape index (κ2) is 7.16. The molecule has 0 aliphatic heterocycles. The maximum absolute atomic E-state index is 12.1. The Morgan fingerprint density at radius 2 is 1.95 bits per heavy atom. The molecule has 0 heterocycles. The van der Waals surface area contributed by atoms with Crippen LogP contribution in [0.3, 0.4) is 0 Å². The van der Waals surface area contributed by atoms with Gasteiger partial charge in [0.05, 0.1) is 17.8 Å². The number of benzene rings is 2. The van der Waals surface area contributed by atoms with Crippen LogP contribution in [0.15, 0.2) is 46.9 Å². The number of methoxy groups -OCH3 is 1. The number of ether oxygens (including phenoxy) is 1. The number of hydrogen-bond acceptors (Lipinski definition) is 3. The van der Waals surface area contributed by atoms with Crippen LogP contribution in [0.1, 0.15) is 11.6 Å². The van der Waals surface area contributed by atoms with Crippen molar-refractivity contribution in [3.63, 3.8) is 0 Å². The van der Waals surface area contributed by atoms with Crippen molar-refractivity contribution in [1.82, 2.24) is 0 Å². The van der Waals surface area contributed by atoms with E-state index in [4.69, 9.17) is 27.9 Å². The Hall–Kier alpha value is -1.23. The number of nitrogens with one attached hydrogen (secondary N) is 1. The summed E-state index contributed by atoms with van der Waals surface area (Å²) >= 11 is 15.5. The van der Waals surface area contributed by atoms with Crippen LogP contribution in [0.4, 0.5) is 5.69 Å². The Balaban J connectivity index is 2.40. The van der Waals surface area contributed by atoms with E-state index in [1.807, 2.05) is 12.1 Å².